The number of aromatic nitrogens is 1. The topological polar surface area (TPSA) is 86.4 Å². The number of aliphatic carboxylic acids is 1. The van der Waals surface area contributed by atoms with E-state index in [1.54, 1.807) is 24.3 Å². The summed E-state index contributed by atoms with van der Waals surface area (Å²) in [5.41, 5.74) is 1.23. The van der Waals surface area contributed by atoms with Crippen LogP contribution < -0.4 is 5.11 Å². The van der Waals surface area contributed by atoms with Crippen LogP contribution in [0.1, 0.15) is 5.56 Å². The van der Waals surface area contributed by atoms with Crippen molar-refractivity contribution in [2.24, 2.45) is 0 Å². The van der Waals surface area contributed by atoms with Crippen molar-refractivity contribution in [3.05, 3.63) is 56.9 Å². The Bertz CT molecular complexity index is 935. The summed E-state index contributed by atoms with van der Waals surface area (Å²) in [7, 11) is 0. The molecule has 0 radical (unpaired) electrons. The third kappa shape index (κ3) is 3.51. The largest absolute Gasteiger partial charge is 0.871 e. The van der Waals surface area contributed by atoms with E-state index in [4.69, 9.17) is 27.6 Å². The van der Waals surface area contributed by atoms with Crippen molar-refractivity contribution >= 4 is 58.1 Å². The van der Waals surface area contributed by atoms with Gasteiger partial charge in [-0.25, -0.2) is 9.78 Å². The number of oxazole rings is 1. The van der Waals surface area contributed by atoms with Gasteiger partial charge in [0.25, 0.3) is 5.22 Å². The van der Waals surface area contributed by atoms with Crippen molar-refractivity contribution in [3.8, 4) is 5.75 Å². The van der Waals surface area contributed by atoms with Crippen LogP contribution in [0.2, 0.25) is 10.0 Å². The zero-order valence-electron chi connectivity index (χ0n) is 11.8. The summed E-state index contributed by atoms with van der Waals surface area (Å²) in [5, 5.41) is 21.7. The number of thioether (sulfide) groups is 1. The van der Waals surface area contributed by atoms with Crippen LogP contribution in [0.4, 0.5) is 0 Å². The number of hydrogen-bond acceptors (Lipinski definition) is 5. The molecule has 0 atom stereocenters. The molecular formula is C16H8Cl2NO4S-. The number of carboxylic acid groups (broad SMARTS) is 1. The van der Waals surface area contributed by atoms with Crippen molar-refractivity contribution in [3.63, 3.8) is 0 Å². The van der Waals surface area contributed by atoms with E-state index in [1.165, 1.54) is 18.2 Å². The minimum absolute atomic E-state index is 0.0773. The number of rotatable bonds is 4. The Morgan fingerprint density at radius 1 is 1.29 bits per heavy atom. The maximum absolute atomic E-state index is 12.0. The number of halogens is 2. The lowest BCUT2D eigenvalue weighted by Crippen LogP contribution is -1.99. The first-order valence-corrected chi connectivity index (χ1v) is 8.16. The van der Waals surface area contributed by atoms with Gasteiger partial charge in [0.05, 0.1) is 0 Å². The zero-order chi connectivity index (χ0) is 17.3. The summed E-state index contributed by atoms with van der Waals surface area (Å²) >= 11 is 12.4. The third-order valence-electron chi connectivity index (χ3n) is 3.01. The summed E-state index contributed by atoms with van der Waals surface area (Å²) in [6.45, 7) is 0. The fourth-order valence-electron chi connectivity index (χ4n) is 1.95. The predicted molar refractivity (Wildman–Crippen MR) is 91.4 cm³/mol. The lowest BCUT2D eigenvalue weighted by atomic mass is 10.2. The van der Waals surface area contributed by atoms with Crippen LogP contribution in [0.3, 0.4) is 0 Å². The molecular weight excluding hydrogens is 373 g/mol. The molecule has 3 aromatic rings. The summed E-state index contributed by atoms with van der Waals surface area (Å²) in [6, 6.07) is 9.71. The van der Waals surface area contributed by atoms with Gasteiger partial charge in [0.15, 0.2) is 5.58 Å². The Morgan fingerprint density at radius 2 is 2.04 bits per heavy atom. The maximum Gasteiger partial charge on any atom is 0.342 e. The van der Waals surface area contributed by atoms with Crippen molar-refractivity contribution < 1.29 is 19.4 Å². The molecule has 0 aliphatic rings. The van der Waals surface area contributed by atoms with E-state index < -0.39 is 11.7 Å². The molecule has 122 valence electrons. The number of hydrogen-bond donors (Lipinski definition) is 1. The molecule has 1 aromatic heterocycles. The highest BCUT2D eigenvalue weighted by atomic mass is 35.5. The van der Waals surface area contributed by atoms with E-state index in [2.05, 4.69) is 4.98 Å². The van der Waals surface area contributed by atoms with E-state index >= 15 is 0 Å². The van der Waals surface area contributed by atoms with E-state index in [9.17, 15) is 15.0 Å². The number of nitrogens with zero attached hydrogens (tertiary/aromatic N) is 1. The van der Waals surface area contributed by atoms with Crippen LogP contribution in [-0.4, -0.2) is 16.1 Å². The molecule has 0 bridgehead atoms. The molecule has 8 heteroatoms. The van der Waals surface area contributed by atoms with Gasteiger partial charge in [-0.2, -0.15) is 0 Å². The molecule has 0 saturated heterocycles. The van der Waals surface area contributed by atoms with Gasteiger partial charge >= 0.3 is 5.97 Å². The molecule has 2 aromatic carbocycles. The number of benzene rings is 2. The smallest absolute Gasteiger partial charge is 0.342 e. The number of fused-ring (bicyclic) bond motifs is 1. The molecule has 5 nitrogen and oxygen atoms in total. The molecule has 0 fully saturated rings. The van der Waals surface area contributed by atoms with Crippen molar-refractivity contribution in [1.82, 2.24) is 4.98 Å². The molecule has 1 heterocycles. The van der Waals surface area contributed by atoms with Crippen LogP contribution in [-0.2, 0) is 4.79 Å². The number of carbonyl (C=O) groups is 1. The van der Waals surface area contributed by atoms with Gasteiger partial charge in [-0.05, 0) is 47.7 Å². The Hall–Kier alpha value is -2.15. The van der Waals surface area contributed by atoms with Gasteiger partial charge in [0.2, 0.25) is 0 Å². The van der Waals surface area contributed by atoms with Gasteiger partial charge in [-0.15, -0.1) is 0 Å². The first kappa shape index (κ1) is 16.7. The fourth-order valence-corrected chi connectivity index (χ4v) is 3.20. The molecule has 0 amide bonds. The third-order valence-corrected chi connectivity index (χ3v) is 4.37. The normalized spacial score (nSPS) is 11.8. The van der Waals surface area contributed by atoms with Crippen LogP contribution in [0, 0.1) is 0 Å². The van der Waals surface area contributed by atoms with E-state index in [0.717, 1.165) is 11.8 Å². The fraction of sp³-hybridized carbons (Fsp3) is 0. The highest BCUT2D eigenvalue weighted by Crippen LogP contribution is 2.34. The molecule has 0 aliphatic carbocycles. The number of carboxylic acids is 1. The van der Waals surface area contributed by atoms with Crippen LogP contribution in [0.5, 0.6) is 5.75 Å². The van der Waals surface area contributed by atoms with Crippen LogP contribution in [0.15, 0.2) is 50.9 Å². The highest BCUT2D eigenvalue weighted by molar-refractivity contribution is 8.03. The van der Waals surface area contributed by atoms with Gasteiger partial charge in [0.1, 0.15) is 10.4 Å². The Morgan fingerprint density at radius 3 is 2.75 bits per heavy atom. The summed E-state index contributed by atoms with van der Waals surface area (Å²) in [5.74, 6) is -1.73. The second-order valence-corrected chi connectivity index (χ2v) is 6.51. The van der Waals surface area contributed by atoms with Gasteiger partial charge in [0, 0.05) is 10.0 Å². The minimum Gasteiger partial charge on any atom is -0.871 e. The van der Waals surface area contributed by atoms with E-state index in [0.29, 0.717) is 11.1 Å². The lowest BCUT2D eigenvalue weighted by molar-refractivity contribution is -0.268. The number of para-hydroxylation sites is 2. The summed E-state index contributed by atoms with van der Waals surface area (Å²) in [6.07, 6.45) is 1.20. The van der Waals surface area contributed by atoms with Crippen molar-refractivity contribution in [2.75, 3.05) is 0 Å². The molecule has 0 unspecified atom stereocenters. The highest BCUT2D eigenvalue weighted by Gasteiger charge is 2.15. The average molecular weight is 381 g/mol. The van der Waals surface area contributed by atoms with Gasteiger partial charge in [-0.3, -0.25) is 0 Å². The van der Waals surface area contributed by atoms with Gasteiger partial charge < -0.3 is 14.6 Å². The minimum atomic E-state index is -1.22. The SMILES string of the molecule is O=C(O)/C(=C/c1cc(Cl)cc(Cl)c1[O-])Sc1nc2ccccc2o1. The van der Waals surface area contributed by atoms with Crippen molar-refractivity contribution in [1.29, 1.82) is 0 Å². The van der Waals surface area contributed by atoms with Crippen molar-refractivity contribution in [2.45, 2.75) is 5.22 Å². The standard InChI is InChI=1S/C16H9Cl2NO4S/c17-9-5-8(14(20)10(18)7-9)6-13(15(21)22)24-16-19-11-3-1-2-4-12(11)23-16/h1-7,20H,(H,21,22)/p-1/b13-6-. The summed E-state index contributed by atoms with van der Waals surface area (Å²) < 4.78 is 5.48. The molecule has 24 heavy (non-hydrogen) atoms. The monoisotopic (exact) mass is 380 g/mol. The second-order valence-electron chi connectivity index (χ2n) is 4.67. The lowest BCUT2D eigenvalue weighted by Gasteiger charge is -2.13. The second kappa shape index (κ2) is 6.76. The summed E-state index contributed by atoms with van der Waals surface area (Å²) in [4.78, 5) is 15.5. The van der Waals surface area contributed by atoms with E-state index in [-0.39, 0.29) is 25.7 Å². The van der Waals surface area contributed by atoms with E-state index in [1.807, 2.05) is 0 Å². The van der Waals surface area contributed by atoms with Crippen LogP contribution in [0.25, 0.3) is 17.2 Å². The predicted octanol–water partition coefficient (Wildman–Crippen LogP) is 4.43. The Kier molecular flexibility index (Phi) is 4.71. The first-order valence-electron chi connectivity index (χ1n) is 6.58. The van der Waals surface area contributed by atoms with Gasteiger partial charge in [-0.1, -0.05) is 41.1 Å². The average Bonchev–Trinajstić information content (AvgIpc) is 2.93. The van der Waals surface area contributed by atoms with Crippen LogP contribution >= 0.6 is 35.0 Å². The Labute approximate surface area is 150 Å². The molecule has 0 saturated carbocycles. The molecule has 0 aliphatic heterocycles. The molecule has 3 rings (SSSR count). The maximum atomic E-state index is 12.0. The molecule has 1 N–H and O–H groups in total. The molecule has 0 spiro atoms. The first-order chi connectivity index (χ1) is 11.4. The Balaban J connectivity index is 1.99. The zero-order valence-corrected chi connectivity index (χ0v) is 14.2. The quantitative estimate of drug-likeness (QED) is 0.532.